The van der Waals surface area contributed by atoms with Crippen molar-refractivity contribution in [3.05, 3.63) is 124 Å². The monoisotopic (exact) mass is 646 g/mol. The molecule has 3 heterocycles. The van der Waals surface area contributed by atoms with E-state index in [0.717, 1.165) is 18.2 Å². The fraction of sp³-hybridized carbons (Fsp3) is 0.235. The van der Waals surface area contributed by atoms with E-state index in [4.69, 9.17) is 5.10 Å². The predicted molar refractivity (Wildman–Crippen MR) is 165 cm³/mol. The normalized spacial score (nSPS) is 17.7. The second kappa shape index (κ2) is 12.8. The van der Waals surface area contributed by atoms with Gasteiger partial charge in [0.2, 0.25) is 5.91 Å². The Labute approximate surface area is 267 Å². The van der Waals surface area contributed by atoms with Crippen molar-refractivity contribution < 1.29 is 31.9 Å². The molecule has 2 atom stereocenters. The largest absolute Gasteiger partial charge is 0.416 e. The van der Waals surface area contributed by atoms with Gasteiger partial charge in [0.25, 0.3) is 11.8 Å². The molecule has 3 amide bonds. The van der Waals surface area contributed by atoms with Crippen LogP contribution in [0.25, 0.3) is 5.69 Å². The van der Waals surface area contributed by atoms with Crippen LogP contribution in [0.15, 0.2) is 90.5 Å². The number of carbonyl (C=O) groups excluding carboxylic acids is 3. The van der Waals surface area contributed by atoms with Crippen molar-refractivity contribution >= 4 is 23.5 Å². The van der Waals surface area contributed by atoms with Crippen molar-refractivity contribution in [1.29, 1.82) is 0 Å². The molecule has 1 aromatic heterocycles. The molecular formula is C34H30F4N6O3. The van der Waals surface area contributed by atoms with Gasteiger partial charge < -0.3 is 16.0 Å². The van der Waals surface area contributed by atoms with Crippen molar-refractivity contribution in [2.45, 2.75) is 31.6 Å². The van der Waals surface area contributed by atoms with Gasteiger partial charge in [-0.05, 0) is 55.0 Å². The zero-order valence-electron chi connectivity index (χ0n) is 25.1. The summed E-state index contributed by atoms with van der Waals surface area (Å²) in [6.45, 7) is 2.82. The molecule has 0 fully saturated rings. The molecule has 0 saturated carbocycles. The average molecular weight is 647 g/mol. The molecule has 3 aromatic carbocycles. The molecule has 47 heavy (non-hydrogen) atoms. The number of anilines is 1. The Hall–Kier alpha value is -5.30. The molecule has 3 N–H and O–H groups in total. The first-order chi connectivity index (χ1) is 22.6. The first-order valence-corrected chi connectivity index (χ1v) is 15.0. The van der Waals surface area contributed by atoms with Crippen LogP contribution in [0.4, 0.5) is 23.4 Å². The topological polar surface area (TPSA) is 108 Å². The fourth-order valence-corrected chi connectivity index (χ4v) is 5.97. The zero-order chi connectivity index (χ0) is 33.3. The van der Waals surface area contributed by atoms with E-state index >= 15 is 0 Å². The maximum absolute atomic E-state index is 14.3. The minimum absolute atomic E-state index is 0.0456. The van der Waals surface area contributed by atoms with E-state index in [0.29, 0.717) is 47.0 Å². The number of carbonyl (C=O) groups is 3. The summed E-state index contributed by atoms with van der Waals surface area (Å²) in [6.07, 6.45) is -2.90. The number of hydrogen-bond acceptors (Lipinski definition) is 5. The highest BCUT2D eigenvalue weighted by molar-refractivity contribution is 6.05. The third kappa shape index (κ3) is 6.26. The first kappa shape index (κ1) is 31.7. The second-order valence-electron chi connectivity index (χ2n) is 11.1. The lowest BCUT2D eigenvalue weighted by atomic mass is 9.80. The highest BCUT2D eigenvalue weighted by Crippen LogP contribution is 2.44. The average Bonchev–Trinajstić information content (AvgIpc) is 3.74. The summed E-state index contributed by atoms with van der Waals surface area (Å²) in [6, 6.07) is 17.1. The van der Waals surface area contributed by atoms with Crippen LogP contribution in [0.2, 0.25) is 0 Å². The maximum atomic E-state index is 14.3. The molecular weight excluding hydrogens is 616 g/mol. The lowest BCUT2D eigenvalue weighted by Crippen LogP contribution is -2.55. The van der Waals surface area contributed by atoms with Gasteiger partial charge >= 0.3 is 6.18 Å². The van der Waals surface area contributed by atoms with Crippen LogP contribution >= 0.6 is 0 Å². The summed E-state index contributed by atoms with van der Waals surface area (Å²) < 4.78 is 56.2. The number of benzene rings is 3. The van der Waals surface area contributed by atoms with Crippen molar-refractivity contribution in [3.63, 3.8) is 0 Å². The molecule has 0 bridgehead atoms. The molecule has 0 spiro atoms. The van der Waals surface area contributed by atoms with E-state index in [-0.39, 0.29) is 24.6 Å². The minimum atomic E-state index is -4.68. The van der Waals surface area contributed by atoms with Crippen LogP contribution in [0, 0.1) is 5.82 Å². The third-order valence-corrected chi connectivity index (χ3v) is 8.21. The molecule has 242 valence electrons. The maximum Gasteiger partial charge on any atom is 0.416 e. The third-order valence-electron chi connectivity index (χ3n) is 8.21. The smallest absolute Gasteiger partial charge is 0.347 e. The quantitative estimate of drug-likeness (QED) is 0.245. The Balaban J connectivity index is 1.50. The molecule has 0 saturated heterocycles. The number of amides is 3. The van der Waals surface area contributed by atoms with Gasteiger partial charge in [0.15, 0.2) is 0 Å². The summed E-state index contributed by atoms with van der Waals surface area (Å²) in [7, 11) is 0. The number of hydrogen-bond donors (Lipinski definition) is 3. The number of aromatic nitrogens is 2. The molecule has 2 aliphatic rings. The van der Waals surface area contributed by atoms with Crippen molar-refractivity contribution in [2.24, 2.45) is 0 Å². The van der Waals surface area contributed by atoms with E-state index in [1.807, 2.05) is 6.07 Å². The summed E-state index contributed by atoms with van der Waals surface area (Å²) in [5.74, 6) is -2.82. The van der Waals surface area contributed by atoms with Crippen molar-refractivity contribution in [2.75, 3.05) is 24.5 Å². The fourth-order valence-electron chi connectivity index (χ4n) is 5.97. The van der Waals surface area contributed by atoms with Gasteiger partial charge in [-0.15, -0.1) is 0 Å². The summed E-state index contributed by atoms with van der Waals surface area (Å²) in [4.78, 5) is 42.3. The summed E-state index contributed by atoms with van der Waals surface area (Å²) in [5, 5.41) is 13.5. The molecule has 0 unspecified atom stereocenters. The van der Waals surface area contributed by atoms with Gasteiger partial charge in [0.05, 0.1) is 23.5 Å². The highest BCUT2D eigenvalue weighted by Gasteiger charge is 2.46. The van der Waals surface area contributed by atoms with E-state index in [9.17, 15) is 31.9 Å². The molecule has 0 aliphatic carbocycles. The Morgan fingerprint density at radius 3 is 2.40 bits per heavy atom. The Morgan fingerprint density at radius 1 is 1.00 bits per heavy atom. The van der Waals surface area contributed by atoms with E-state index in [1.165, 1.54) is 35.2 Å². The van der Waals surface area contributed by atoms with Crippen LogP contribution in [0.5, 0.6) is 0 Å². The van der Waals surface area contributed by atoms with Gasteiger partial charge in [0.1, 0.15) is 17.7 Å². The summed E-state index contributed by atoms with van der Waals surface area (Å²) in [5.41, 5.74) is 1.23. The van der Waals surface area contributed by atoms with Crippen LogP contribution in [-0.4, -0.2) is 53.2 Å². The number of para-hydroxylation sites is 1. The molecule has 13 heteroatoms. The predicted octanol–water partition coefficient (Wildman–Crippen LogP) is 4.47. The Bertz CT molecular complexity index is 1850. The van der Waals surface area contributed by atoms with Crippen LogP contribution in [-0.2, 0) is 22.3 Å². The molecule has 4 aromatic rings. The minimum Gasteiger partial charge on any atom is -0.347 e. The van der Waals surface area contributed by atoms with Gasteiger partial charge in [-0.25, -0.2) is 9.07 Å². The van der Waals surface area contributed by atoms with Crippen molar-refractivity contribution in [1.82, 2.24) is 25.7 Å². The number of alkyl halides is 3. The molecule has 9 nitrogen and oxygen atoms in total. The number of likely N-dealkylation sites (N-methyl/N-ethyl adjacent to an activating group) is 1. The first-order valence-electron chi connectivity index (χ1n) is 15.0. The number of halogens is 4. The molecule has 6 rings (SSSR count). The van der Waals surface area contributed by atoms with Gasteiger partial charge in [-0.3, -0.25) is 19.3 Å². The number of nitrogens with zero attached hydrogens (tertiary/aromatic N) is 3. The van der Waals surface area contributed by atoms with Crippen LogP contribution < -0.4 is 20.9 Å². The van der Waals surface area contributed by atoms with Crippen LogP contribution in [0.3, 0.4) is 0 Å². The second-order valence-corrected chi connectivity index (χ2v) is 11.1. The standard InChI is InChI=1S/C34H30F4N6O3/c1-2-43-32-28(26(19-40-30(45)22-15-16-39-18-22)42-44(32)25-9-4-3-5-10-25)27(20-11-13-24(35)14-12-20)29(33(43)47)41-31(46)21-7-6-8-23(17-21)34(36,37)38/h3-15,17,27,29,39H,2,16,18-19H2,1H3,(H,40,45)(H,41,46)/t27-,29-/m1/s1. The van der Waals surface area contributed by atoms with E-state index < -0.39 is 41.3 Å². The van der Waals surface area contributed by atoms with E-state index in [2.05, 4.69) is 16.0 Å². The zero-order valence-corrected chi connectivity index (χ0v) is 25.1. The SMILES string of the molecule is CCN1C(=O)[C@H](NC(=O)c2cccc(C(F)(F)F)c2)[C@H](c2ccc(F)cc2)c2c(CNC(=O)C3=CCNC3)nn(-c3ccccc3)c21. The number of rotatable bonds is 8. The Morgan fingerprint density at radius 2 is 1.74 bits per heavy atom. The van der Waals surface area contributed by atoms with E-state index in [1.54, 1.807) is 41.9 Å². The number of fused-ring (bicyclic) bond motifs is 1. The lowest BCUT2D eigenvalue weighted by molar-refractivity contribution is -0.137. The van der Waals surface area contributed by atoms with Gasteiger partial charge in [-0.1, -0.05) is 42.5 Å². The lowest BCUT2D eigenvalue weighted by Gasteiger charge is -2.38. The highest BCUT2D eigenvalue weighted by atomic mass is 19.4. The number of nitrogens with one attached hydrogen (secondary N) is 3. The molecule has 2 aliphatic heterocycles. The van der Waals surface area contributed by atoms with Crippen molar-refractivity contribution in [3.8, 4) is 5.69 Å². The summed E-state index contributed by atoms with van der Waals surface area (Å²) >= 11 is 0. The molecule has 0 radical (unpaired) electrons. The van der Waals surface area contributed by atoms with Gasteiger partial charge in [-0.2, -0.15) is 18.3 Å². The Kier molecular flexibility index (Phi) is 8.65. The van der Waals surface area contributed by atoms with Gasteiger partial charge in [0, 0.05) is 42.3 Å². The van der Waals surface area contributed by atoms with Crippen LogP contribution in [0.1, 0.15) is 45.6 Å².